The lowest BCUT2D eigenvalue weighted by molar-refractivity contribution is 0.204. The average molecular weight is 164 g/mol. The zero-order chi connectivity index (χ0) is 8.97. The molecule has 0 aromatic carbocycles. The van der Waals surface area contributed by atoms with Gasteiger partial charge in [-0.05, 0) is 12.1 Å². The molecule has 1 rings (SSSR count). The van der Waals surface area contributed by atoms with Crippen molar-refractivity contribution in [2.75, 3.05) is 4.90 Å². The summed E-state index contributed by atoms with van der Waals surface area (Å²) in [4.78, 5) is 15.3. The van der Waals surface area contributed by atoms with E-state index in [1.54, 1.807) is 18.3 Å². The topological polar surface area (TPSA) is 53.4 Å². The second-order valence-electron chi connectivity index (χ2n) is 2.05. The van der Waals surface area contributed by atoms with Gasteiger partial charge in [0.1, 0.15) is 0 Å². The predicted molar refractivity (Wildman–Crippen MR) is 44.9 cm³/mol. The number of carbonyl (C=O) groups is 1. The molecule has 0 unspecified atom stereocenters. The Labute approximate surface area is 69.8 Å². The van der Waals surface area contributed by atoms with Gasteiger partial charge in [-0.2, -0.15) is 0 Å². The van der Waals surface area contributed by atoms with Crippen molar-refractivity contribution < 1.29 is 9.90 Å². The molecule has 0 atom stereocenters. The van der Waals surface area contributed by atoms with Gasteiger partial charge in [-0.1, -0.05) is 6.58 Å². The number of aromatic nitrogens is 1. The fourth-order valence-electron chi connectivity index (χ4n) is 0.790. The molecule has 0 aliphatic heterocycles. The molecule has 1 amide bonds. The first-order valence-corrected chi connectivity index (χ1v) is 3.30. The average Bonchev–Trinajstić information content (AvgIpc) is 2.07. The maximum atomic E-state index is 10.6. The molecule has 0 aliphatic rings. The number of hydrogen-bond acceptors (Lipinski definition) is 2. The minimum absolute atomic E-state index is 0.486. The molecule has 62 valence electrons. The number of hydrogen-bond donors (Lipinski definition) is 1. The monoisotopic (exact) mass is 164 g/mol. The third kappa shape index (κ3) is 1.60. The highest BCUT2D eigenvalue weighted by molar-refractivity contribution is 5.87. The Morgan fingerprint density at radius 1 is 1.75 bits per heavy atom. The van der Waals surface area contributed by atoms with Crippen molar-refractivity contribution in [3.8, 4) is 0 Å². The highest BCUT2D eigenvalue weighted by atomic mass is 16.4. The van der Waals surface area contributed by atoms with Crippen LogP contribution in [0.4, 0.5) is 10.5 Å². The van der Waals surface area contributed by atoms with Crippen LogP contribution in [0.15, 0.2) is 37.3 Å². The van der Waals surface area contributed by atoms with Crippen LogP contribution in [0.1, 0.15) is 0 Å². The summed E-state index contributed by atoms with van der Waals surface area (Å²) in [5, 5.41) is 8.65. The van der Waals surface area contributed by atoms with E-state index < -0.39 is 6.09 Å². The van der Waals surface area contributed by atoms with E-state index in [2.05, 4.69) is 11.6 Å². The van der Waals surface area contributed by atoms with Crippen LogP contribution in [0.5, 0.6) is 0 Å². The van der Waals surface area contributed by atoms with Crippen LogP contribution < -0.4 is 4.90 Å². The number of carboxylic acid groups (broad SMARTS) is 1. The quantitative estimate of drug-likeness (QED) is 0.723. The zero-order valence-corrected chi connectivity index (χ0v) is 6.34. The van der Waals surface area contributed by atoms with Crippen LogP contribution >= 0.6 is 0 Å². The first kappa shape index (κ1) is 8.26. The maximum Gasteiger partial charge on any atom is 0.416 e. The normalized spacial score (nSPS) is 9.00. The second kappa shape index (κ2) is 3.52. The van der Waals surface area contributed by atoms with Crippen molar-refractivity contribution in [3.05, 3.63) is 37.3 Å². The highest BCUT2D eigenvalue weighted by Crippen LogP contribution is 2.11. The number of anilines is 1. The molecule has 4 heteroatoms. The summed E-state index contributed by atoms with van der Waals surface area (Å²) in [5.41, 5.74) is 0.486. The molecular weight excluding hydrogens is 156 g/mol. The predicted octanol–water partition coefficient (Wildman–Crippen LogP) is 1.71. The number of pyridine rings is 1. The molecule has 0 spiro atoms. The van der Waals surface area contributed by atoms with Gasteiger partial charge in [-0.15, -0.1) is 0 Å². The minimum atomic E-state index is -1.07. The molecule has 12 heavy (non-hydrogen) atoms. The van der Waals surface area contributed by atoms with Gasteiger partial charge in [0.2, 0.25) is 0 Å². The molecule has 0 saturated carbocycles. The Hall–Kier alpha value is -1.84. The van der Waals surface area contributed by atoms with E-state index in [0.29, 0.717) is 5.69 Å². The second-order valence-corrected chi connectivity index (χ2v) is 2.05. The molecular formula is C8H8N2O2. The summed E-state index contributed by atoms with van der Waals surface area (Å²) < 4.78 is 0. The summed E-state index contributed by atoms with van der Waals surface area (Å²) in [5.74, 6) is 0. The van der Waals surface area contributed by atoms with Crippen LogP contribution in [-0.2, 0) is 0 Å². The van der Waals surface area contributed by atoms with Crippen molar-refractivity contribution in [1.82, 2.24) is 4.98 Å². The van der Waals surface area contributed by atoms with E-state index in [1.807, 2.05) is 0 Å². The van der Waals surface area contributed by atoms with E-state index in [4.69, 9.17) is 5.11 Å². The molecule has 0 radical (unpaired) electrons. The van der Waals surface area contributed by atoms with Crippen molar-refractivity contribution in [2.45, 2.75) is 0 Å². The summed E-state index contributed by atoms with van der Waals surface area (Å²) in [6.45, 7) is 3.38. The lowest BCUT2D eigenvalue weighted by Crippen LogP contribution is -2.22. The van der Waals surface area contributed by atoms with Gasteiger partial charge in [0.25, 0.3) is 0 Å². The first-order chi connectivity index (χ1) is 5.75. The van der Waals surface area contributed by atoms with E-state index in [1.165, 1.54) is 12.4 Å². The number of rotatable bonds is 2. The van der Waals surface area contributed by atoms with Crippen LogP contribution in [-0.4, -0.2) is 16.2 Å². The van der Waals surface area contributed by atoms with Crippen LogP contribution in [0.3, 0.4) is 0 Å². The van der Waals surface area contributed by atoms with Crippen molar-refractivity contribution >= 4 is 11.8 Å². The third-order valence-corrected chi connectivity index (χ3v) is 1.31. The molecule has 1 heterocycles. The Balaban J connectivity index is 2.95. The van der Waals surface area contributed by atoms with Crippen LogP contribution in [0.2, 0.25) is 0 Å². The van der Waals surface area contributed by atoms with Gasteiger partial charge in [0.05, 0.1) is 11.9 Å². The Bertz CT molecular complexity index is 284. The Morgan fingerprint density at radius 2 is 2.50 bits per heavy atom. The van der Waals surface area contributed by atoms with Gasteiger partial charge in [-0.25, -0.2) is 4.79 Å². The van der Waals surface area contributed by atoms with E-state index >= 15 is 0 Å². The molecule has 0 aliphatic carbocycles. The lowest BCUT2D eigenvalue weighted by Gasteiger charge is -2.12. The van der Waals surface area contributed by atoms with E-state index in [0.717, 1.165) is 4.90 Å². The van der Waals surface area contributed by atoms with E-state index in [-0.39, 0.29) is 0 Å². The summed E-state index contributed by atoms with van der Waals surface area (Å²) >= 11 is 0. The third-order valence-electron chi connectivity index (χ3n) is 1.31. The lowest BCUT2D eigenvalue weighted by atomic mass is 10.4. The standard InChI is InChI=1S/C8H8N2O2/c1-2-10(8(11)12)7-4-3-5-9-6-7/h2-6H,1H2,(H,11,12). The number of nitrogens with zero attached hydrogens (tertiary/aromatic N) is 2. The van der Waals surface area contributed by atoms with Crippen LogP contribution in [0, 0.1) is 0 Å². The Kier molecular flexibility index (Phi) is 2.42. The summed E-state index contributed by atoms with van der Waals surface area (Å²) in [7, 11) is 0. The van der Waals surface area contributed by atoms with Gasteiger partial charge in [0.15, 0.2) is 0 Å². The molecule has 1 N–H and O–H groups in total. The van der Waals surface area contributed by atoms with Gasteiger partial charge < -0.3 is 5.11 Å². The largest absolute Gasteiger partial charge is 0.464 e. The Morgan fingerprint density at radius 3 is 2.92 bits per heavy atom. The minimum Gasteiger partial charge on any atom is -0.464 e. The van der Waals surface area contributed by atoms with Crippen molar-refractivity contribution in [2.24, 2.45) is 0 Å². The fraction of sp³-hybridized carbons (Fsp3) is 0. The first-order valence-electron chi connectivity index (χ1n) is 3.30. The molecule has 0 saturated heterocycles. The fourth-order valence-corrected chi connectivity index (χ4v) is 0.790. The zero-order valence-electron chi connectivity index (χ0n) is 6.34. The van der Waals surface area contributed by atoms with Crippen LogP contribution in [0.25, 0.3) is 0 Å². The van der Waals surface area contributed by atoms with Gasteiger partial charge in [-0.3, -0.25) is 9.88 Å². The summed E-state index contributed by atoms with van der Waals surface area (Å²) in [6.07, 6.45) is 3.18. The number of amides is 1. The SMILES string of the molecule is C=CN(C(=O)O)c1cccnc1. The summed E-state index contributed by atoms with van der Waals surface area (Å²) in [6, 6.07) is 3.30. The molecule has 0 fully saturated rings. The molecule has 0 bridgehead atoms. The van der Waals surface area contributed by atoms with Crippen molar-refractivity contribution in [3.63, 3.8) is 0 Å². The van der Waals surface area contributed by atoms with E-state index in [9.17, 15) is 4.79 Å². The van der Waals surface area contributed by atoms with Crippen molar-refractivity contribution in [1.29, 1.82) is 0 Å². The smallest absolute Gasteiger partial charge is 0.416 e. The van der Waals surface area contributed by atoms with Gasteiger partial charge >= 0.3 is 6.09 Å². The molecule has 1 aromatic heterocycles. The maximum absolute atomic E-state index is 10.6. The highest BCUT2D eigenvalue weighted by Gasteiger charge is 2.08. The molecule has 1 aromatic rings. The van der Waals surface area contributed by atoms with Gasteiger partial charge in [0, 0.05) is 12.4 Å². The molecule has 4 nitrogen and oxygen atoms in total.